The molecule has 0 saturated heterocycles. The third-order valence-electron chi connectivity index (χ3n) is 1.93. The van der Waals surface area contributed by atoms with Crippen molar-refractivity contribution in [1.29, 1.82) is 0 Å². The smallest absolute Gasteiger partial charge is 0.217 e. The average molecular weight is 143 g/mol. The Bertz CT molecular complexity index is 112. The van der Waals surface area contributed by atoms with Gasteiger partial charge in [0.15, 0.2) is 0 Å². The Balaban J connectivity index is 3.61. The van der Waals surface area contributed by atoms with Crippen LogP contribution in [0.2, 0.25) is 0 Å². The molecular weight excluding hydrogens is 126 g/mol. The fourth-order valence-corrected chi connectivity index (χ4v) is 0.816. The van der Waals surface area contributed by atoms with Crippen LogP contribution in [-0.2, 0) is 4.79 Å². The molecule has 0 aliphatic carbocycles. The van der Waals surface area contributed by atoms with Gasteiger partial charge in [-0.1, -0.05) is 20.3 Å². The van der Waals surface area contributed by atoms with E-state index in [9.17, 15) is 4.79 Å². The number of nitrogens with one attached hydrogen (secondary N) is 1. The van der Waals surface area contributed by atoms with Crippen LogP contribution in [-0.4, -0.2) is 11.9 Å². The summed E-state index contributed by atoms with van der Waals surface area (Å²) >= 11 is 0. The first-order valence-electron chi connectivity index (χ1n) is 3.85. The van der Waals surface area contributed by atoms with Crippen molar-refractivity contribution in [1.82, 2.24) is 5.32 Å². The molecule has 0 aromatic carbocycles. The summed E-state index contributed by atoms with van der Waals surface area (Å²) < 4.78 is 0. The number of hydrogen-bond donors (Lipinski definition) is 1. The van der Waals surface area contributed by atoms with E-state index in [1.54, 1.807) is 6.92 Å². The lowest BCUT2D eigenvalue weighted by Gasteiger charge is -2.18. The molecule has 60 valence electrons. The van der Waals surface area contributed by atoms with Crippen molar-refractivity contribution < 1.29 is 4.79 Å². The Morgan fingerprint density at radius 3 is 2.30 bits per heavy atom. The second-order valence-electron chi connectivity index (χ2n) is 2.87. The van der Waals surface area contributed by atoms with Gasteiger partial charge in [-0.3, -0.25) is 4.79 Å². The number of rotatable bonds is 3. The summed E-state index contributed by atoms with van der Waals surface area (Å²) in [5.41, 5.74) is 0. The van der Waals surface area contributed by atoms with Gasteiger partial charge in [0, 0.05) is 13.0 Å². The van der Waals surface area contributed by atoms with Crippen LogP contribution in [0.25, 0.3) is 0 Å². The highest BCUT2D eigenvalue weighted by Gasteiger charge is 2.09. The minimum Gasteiger partial charge on any atom is -0.354 e. The molecule has 1 amide bonds. The van der Waals surface area contributed by atoms with E-state index in [1.165, 1.54) is 0 Å². The lowest BCUT2D eigenvalue weighted by atomic mass is 10.0. The third-order valence-corrected chi connectivity index (χ3v) is 1.93. The lowest BCUT2D eigenvalue weighted by molar-refractivity contribution is -0.119. The van der Waals surface area contributed by atoms with Crippen LogP contribution in [0.3, 0.4) is 0 Å². The first kappa shape index (κ1) is 9.47. The van der Waals surface area contributed by atoms with Crippen LogP contribution in [0.5, 0.6) is 0 Å². The van der Waals surface area contributed by atoms with E-state index in [1.807, 2.05) is 6.92 Å². The summed E-state index contributed by atoms with van der Waals surface area (Å²) in [6, 6.07) is 0.308. The van der Waals surface area contributed by atoms with Crippen molar-refractivity contribution in [2.24, 2.45) is 5.92 Å². The number of carbonyl (C=O) groups is 1. The van der Waals surface area contributed by atoms with Gasteiger partial charge in [-0.2, -0.15) is 0 Å². The predicted molar refractivity (Wildman–Crippen MR) is 42.7 cm³/mol. The predicted octanol–water partition coefficient (Wildman–Crippen LogP) is 1.56. The molecule has 0 spiro atoms. The molecule has 0 bridgehead atoms. The van der Waals surface area contributed by atoms with Crippen LogP contribution in [0, 0.1) is 5.92 Å². The second kappa shape index (κ2) is 4.31. The largest absolute Gasteiger partial charge is 0.354 e. The van der Waals surface area contributed by atoms with Crippen LogP contribution in [0.1, 0.15) is 34.1 Å². The SMILES string of the molecule is CC[C@H](C)[C@H](C)NC(C)=O. The summed E-state index contributed by atoms with van der Waals surface area (Å²) in [5, 5.41) is 2.85. The van der Waals surface area contributed by atoms with Gasteiger partial charge in [0.25, 0.3) is 0 Å². The van der Waals surface area contributed by atoms with Crippen LogP contribution in [0.4, 0.5) is 0 Å². The van der Waals surface area contributed by atoms with Gasteiger partial charge in [-0.25, -0.2) is 0 Å². The maximum atomic E-state index is 10.6. The zero-order valence-electron chi connectivity index (χ0n) is 7.27. The highest BCUT2D eigenvalue weighted by Crippen LogP contribution is 2.05. The Morgan fingerprint density at radius 2 is 2.00 bits per heavy atom. The van der Waals surface area contributed by atoms with Crippen LogP contribution >= 0.6 is 0 Å². The topological polar surface area (TPSA) is 29.1 Å². The van der Waals surface area contributed by atoms with Gasteiger partial charge in [-0.05, 0) is 12.8 Å². The normalized spacial score (nSPS) is 16.0. The molecule has 0 heterocycles. The first-order chi connectivity index (χ1) is 4.57. The summed E-state index contributed by atoms with van der Waals surface area (Å²) in [5.74, 6) is 0.636. The Labute approximate surface area is 63.0 Å². The highest BCUT2D eigenvalue weighted by atomic mass is 16.1. The average Bonchev–Trinajstić information content (AvgIpc) is 1.85. The zero-order chi connectivity index (χ0) is 8.15. The first-order valence-corrected chi connectivity index (χ1v) is 3.85. The van der Waals surface area contributed by atoms with Gasteiger partial charge >= 0.3 is 0 Å². The van der Waals surface area contributed by atoms with Gasteiger partial charge in [0.2, 0.25) is 5.91 Å². The van der Waals surface area contributed by atoms with Crippen molar-refractivity contribution in [3.05, 3.63) is 0 Å². The molecule has 2 nitrogen and oxygen atoms in total. The minimum atomic E-state index is 0.0628. The standard InChI is InChI=1S/C8H17NO/c1-5-6(2)7(3)9-8(4)10/h6-7H,5H2,1-4H3,(H,9,10)/t6-,7-/m0/s1. The number of hydrogen-bond acceptors (Lipinski definition) is 1. The van der Waals surface area contributed by atoms with Crippen molar-refractivity contribution in [2.45, 2.75) is 40.2 Å². The van der Waals surface area contributed by atoms with Crippen molar-refractivity contribution >= 4 is 5.91 Å². The van der Waals surface area contributed by atoms with Gasteiger partial charge in [0.1, 0.15) is 0 Å². The van der Waals surface area contributed by atoms with E-state index in [2.05, 4.69) is 19.2 Å². The molecule has 0 unspecified atom stereocenters. The number of carbonyl (C=O) groups excluding carboxylic acids is 1. The summed E-state index contributed by atoms with van der Waals surface area (Å²) in [4.78, 5) is 10.6. The van der Waals surface area contributed by atoms with Crippen LogP contribution in [0.15, 0.2) is 0 Å². The molecule has 0 aromatic rings. The maximum absolute atomic E-state index is 10.6. The monoisotopic (exact) mass is 143 g/mol. The van der Waals surface area contributed by atoms with E-state index in [-0.39, 0.29) is 5.91 Å². The summed E-state index contributed by atoms with van der Waals surface area (Å²) in [6.45, 7) is 7.86. The van der Waals surface area contributed by atoms with Crippen LogP contribution < -0.4 is 5.32 Å². The third kappa shape index (κ3) is 3.49. The Kier molecular flexibility index (Phi) is 4.08. The van der Waals surface area contributed by atoms with E-state index in [0.29, 0.717) is 12.0 Å². The summed E-state index contributed by atoms with van der Waals surface area (Å²) in [7, 11) is 0. The molecule has 0 saturated carbocycles. The minimum absolute atomic E-state index is 0.0628. The molecule has 2 heteroatoms. The number of amides is 1. The molecule has 0 fully saturated rings. The molecule has 0 aliphatic heterocycles. The molecule has 0 aromatic heterocycles. The zero-order valence-corrected chi connectivity index (χ0v) is 7.27. The van der Waals surface area contributed by atoms with Crippen molar-refractivity contribution in [3.8, 4) is 0 Å². The molecule has 1 N–H and O–H groups in total. The van der Waals surface area contributed by atoms with E-state index in [0.717, 1.165) is 6.42 Å². The van der Waals surface area contributed by atoms with Crippen molar-refractivity contribution in [2.75, 3.05) is 0 Å². The van der Waals surface area contributed by atoms with E-state index < -0.39 is 0 Å². The molecule has 10 heavy (non-hydrogen) atoms. The second-order valence-corrected chi connectivity index (χ2v) is 2.87. The van der Waals surface area contributed by atoms with Gasteiger partial charge in [0.05, 0.1) is 0 Å². The highest BCUT2D eigenvalue weighted by molar-refractivity contribution is 5.73. The van der Waals surface area contributed by atoms with Gasteiger partial charge < -0.3 is 5.32 Å². The molecule has 0 radical (unpaired) electrons. The fraction of sp³-hybridized carbons (Fsp3) is 0.875. The molecule has 0 aliphatic rings. The molecule has 0 rings (SSSR count). The van der Waals surface area contributed by atoms with E-state index in [4.69, 9.17) is 0 Å². The summed E-state index contributed by atoms with van der Waals surface area (Å²) in [6.07, 6.45) is 1.11. The maximum Gasteiger partial charge on any atom is 0.217 e. The van der Waals surface area contributed by atoms with Gasteiger partial charge in [-0.15, -0.1) is 0 Å². The Morgan fingerprint density at radius 1 is 1.50 bits per heavy atom. The molecular formula is C8H17NO. The fourth-order valence-electron chi connectivity index (χ4n) is 0.816. The van der Waals surface area contributed by atoms with E-state index >= 15 is 0 Å². The quantitative estimate of drug-likeness (QED) is 0.638. The van der Waals surface area contributed by atoms with Crippen molar-refractivity contribution in [3.63, 3.8) is 0 Å². The Hall–Kier alpha value is -0.530. The lowest BCUT2D eigenvalue weighted by Crippen LogP contribution is -2.35. The molecule has 2 atom stereocenters.